The summed E-state index contributed by atoms with van der Waals surface area (Å²) in [5.41, 5.74) is 0. The van der Waals surface area contributed by atoms with Gasteiger partial charge < -0.3 is 0 Å². The van der Waals surface area contributed by atoms with Crippen LogP contribution in [0.2, 0.25) is 0 Å². The molecule has 0 radical (unpaired) electrons. The van der Waals surface area contributed by atoms with Crippen molar-refractivity contribution in [3.63, 3.8) is 0 Å². The van der Waals surface area contributed by atoms with E-state index in [4.69, 9.17) is 0 Å². The average Bonchev–Trinajstić information content (AvgIpc) is 1.36. The molecule has 2 heteroatoms. The molecule has 0 aliphatic carbocycles. The van der Waals surface area contributed by atoms with Crippen LogP contribution in [-0.2, 0) is 10.1 Å². The Morgan fingerprint density at radius 3 is 1.67 bits per heavy atom. The minimum Gasteiger partial charge on any atom is -0.166 e. The van der Waals surface area contributed by atoms with Gasteiger partial charge in [-0.1, -0.05) is 21.9 Å². The van der Waals surface area contributed by atoms with Gasteiger partial charge in [0.1, 0.15) is 0 Å². The molecule has 0 spiro atoms. The van der Waals surface area contributed by atoms with Crippen LogP contribution in [-0.4, -0.2) is 11.5 Å². The van der Waals surface area contributed by atoms with Crippen LogP contribution in [0.15, 0.2) is 0 Å². The van der Waals surface area contributed by atoms with Crippen LogP contribution >= 0.6 is 8.02 Å². The molecule has 0 aliphatic rings. The summed E-state index contributed by atoms with van der Waals surface area (Å²) in [7, 11) is 3.95. The lowest BCUT2D eigenvalue weighted by molar-refractivity contribution is 1.11. The van der Waals surface area contributed by atoms with Gasteiger partial charge in [-0.05, 0) is 11.5 Å². The van der Waals surface area contributed by atoms with Gasteiger partial charge in [-0.15, -0.1) is 0 Å². The number of hydrogen-bond acceptors (Lipinski definition) is 0. The molecule has 0 fully saturated rings. The molecule has 0 rings (SSSR count). The normalized spacial score (nSPS) is 15.3. The third kappa shape index (κ3) is 2.87. The van der Waals surface area contributed by atoms with Crippen molar-refractivity contribution < 1.29 is 0 Å². The lowest BCUT2D eigenvalue weighted by atomic mass is 10.6. The molecule has 0 bridgehead atoms. The zero-order valence-electron chi connectivity index (χ0n) is 4.49. The van der Waals surface area contributed by atoms with Gasteiger partial charge in [-0.25, -0.2) is 0 Å². The Balaban J connectivity index is 3.26. The second-order valence-corrected chi connectivity index (χ2v) is 5.60. The van der Waals surface area contributed by atoms with E-state index in [-0.39, 0.29) is 0 Å². The first kappa shape index (κ1) is 6.65. The Morgan fingerprint density at radius 1 is 1.50 bits per heavy atom. The summed E-state index contributed by atoms with van der Waals surface area (Å²) in [6.07, 6.45) is 2.18. The van der Waals surface area contributed by atoms with E-state index in [1.165, 1.54) is 0 Å². The Bertz CT molecular complexity index is 58.6. The summed E-state index contributed by atoms with van der Waals surface area (Å²) in [5.74, 6) is 0. The first-order valence-electron chi connectivity index (χ1n) is 2.00. The van der Waals surface area contributed by atoms with Gasteiger partial charge in [0.05, 0.1) is 0 Å². The molecule has 0 aromatic carbocycles. The summed E-state index contributed by atoms with van der Waals surface area (Å²) in [6, 6.07) is 0. The second-order valence-electron chi connectivity index (χ2n) is 1.61. The van der Waals surface area contributed by atoms with E-state index in [9.17, 15) is 0 Å². The Morgan fingerprint density at radius 2 is 1.67 bits per heavy atom. The van der Waals surface area contributed by atoms with Gasteiger partial charge in [0.25, 0.3) is 0 Å². The molecule has 1 unspecified atom stereocenters. The van der Waals surface area contributed by atoms with E-state index < -0.39 is 0 Å². The molecule has 0 heterocycles. The van der Waals surface area contributed by atoms with Crippen molar-refractivity contribution in [1.82, 2.24) is 0 Å². The van der Waals surface area contributed by atoms with Gasteiger partial charge in [0, 0.05) is 0 Å². The fourth-order valence-corrected chi connectivity index (χ4v) is 0. The van der Waals surface area contributed by atoms with Crippen LogP contribution in [0.4, 0.5) is 0 Å². The van der Waals surface area contributed by atoms with Crippen LogP contribution in [0.3, 0.4) is 0 Å². The Kier molecular flexibility index (Phi) is 3.06. The SMILES string of the molecule is CC(C)S(C)=P. The third-order valence-electron chi connectivity index (χ3n) is 0.707. The molecule has 1 atom stereocenters. The minimum atomic E-state index is 0.438. The van der Waals surface area contributed by atoms with Crippen LogP contribution in [0.5, 0.6) is 0 Å². The summed E-state index contributed by atoms with van der Waals surface area (Å²) in [6.45, 7) is 4.41. The van der Waals surface area contributed by atoms with E-state index >= 15 is 0 Å². The molecule has 0 saturated heterocycles. The summed E-state index contributed by atoms with van der Waals surface area (Å²) >= 11 is 0. The van der Waals surface area contributed by atoms with Crippen molar-refractivity contribution in [2.45, 2.75) is 19.1 Å². The standard InChI is InChI=1S/C4H11PS/c1-4(2)6(3)5/h4-5H,1-3H3. The average molecular weight is 122 g/mol. The lowest BCUT2D eigenvalue weighted by Gasteiger charge is -1.99. The molecule has 0 N–H and O–H groups in total. The molecule has 0 saturated carbocycles. The molecule has 0 amide bonds. The van der Waals surface area contributed by atoms with E-state index in [1.54, 1.807) is 0 Å². The van der Waals surface area contributed by atoms with Gasteiger partial charge in [0.15, 0.2) is 0 Å². The van der Waals surface area contributed by atoms with Crippen LogP contribution < -0.4 is 0 Å². The molecule has 0 aromatic heterocycles. The van der Waals surface area contributed by atoms with E-state index in [1.807, 2.05) is 0 Å². The molecule has 6 heavy (non-hydrogen) atoms. The molecule has 38 valence electrons. The molecule has 0 aliphatic heterocycles. The van der Waals surface area contributed by atoms with Crippen LogP contribution in [0.1, 0.15) is 13.8 Å². The van der Waals surface area contributed by atoms with Gasteiger partial charge >= 0.3 is 0 Å². The Labute approximate surface area is 44.1 Å². The fraction of sp³-hybridized carbons (Fsp3) is 1.00. The fourth-order valence-electron chi connectivity index (χ4n) is 0. The van der Waals surface area contributed by atoms with Crippen molar-refractivity contribution in [3.8, 4) is 0 Å². The minimum absolute atomic E-state index is 0.438. The zero-order valence-corrected chi connectivity index (χ0v) is 6.30. The van der Waals surface area contributed by atoms with Crippen molar-refractivity contribution in [2.75, 3.05) is 6.26 Å². The maximum Gasteiger partial charge on any atom is -0.00266 e. The second kappa shape index (κ2) is 2.76. The highest BCUT2D eigenvalue weighted by molar-refractivity contribution is 8.15. The van der Waals surface area contributed by atoms with Crippen molar-refractivity contribution in [2.24, 2.45) is 0 Å². The van der Waals surface area contributed by atoms with E-state index in [0.29, 0.717) is 10.1 Å². The van der Waals surface area contributed by atoms with E-state index in [2.05, 4.69) is 28.1 Å². The molecular weight excluding hydrogens is 111 g/mol. The molecule has 0 nitrogen and oxygen atoms in total. The number of rotatable bonds is 1. The van der Waals surface area contributed by atoms with Gasteiger partial charge in [0.2, 0.25) is 0 Å². The van der Waals surface area contributed by atoms with E-state index in [0.717, 1.165) is 5.25 Å². The van der Waals surface area contributed by atoms with Crippen molar-refractivity contribution in [1.29, 1.82) is 0 Å². The zero-order chi connectivity index (χ0) is 5.15. The highest BCUT2D eigenvalue weighted by atomic mass is 32.5. The molecular formula is C4H11PS. The topological polar surface area (TPSA) is 0 Å². The summed E-state index contributed by atoms with van der Waals surface area (Å²) in [4.78, 5) is 0. The highest BCUT2D eigenvalue weighted by Gasteiger charge is 1.86. The third-order valence-corrected chi connectivity index (χ3v) is 3.54. The maximum atomic E-state index is 3.51. The smallest absolute Gasteiger partial charge is 0.00266 e. The summed E-state index contributed by atoms with van der Waals surface area (Å²) in [5, 5.41) is 0.793. The largest absolute Gasteiger partial charge is 0.166 e. The highest BCUT2D eigenvalue weighted by Crippen LogP contribution is 1.93. The summed E-state index contributed by atoms with van der Waals surface area (Å²) < 4.78 is 0. The lowest BCUT2D eigenvalue weighted by Crippen LogP contribution is -1.97. The van der Waals surface area contributed by atoms with Crippen molar-refractivity contribution >= 4 is 18.1 Å². The number of hydrogen-bond donors (Lipinski definition) is 0. The predicted molar refractivity (Wildman–Crippen MR) is 36.7 cm³/mol. The van der Waals surface area contributed by atoms with Gasteiger partial charge in [-0.2, -0.15) is 10.1 Å². The first-order chi connectivity index (χ1) is 2.64. The van der Waals surface area contributed by atoms with Crippen LogP contribution in [0, 0.1) is 0 Å². The molecule has 0 aromatic rings. The first-order valence-corrected chi connectivity index (χ1v) is 4.92. The Hall–Kier alpha value is 0.650. The quantitative estimate of drug-likeness (QED) is 0.464. The van der Waals surface area contributed by atoms with Crippen LogP contribution in [0.25, 0.3) is 0 Å². The van der Waals surface area contributed by atoms with Gasteiger partial charge in [-0.3, -0.25) is 0 Å². The van der Waals surface area contributed by atoms with Crippen molar-refractivity contribution in [3.05, 3.63) is 0 Å². The maximum absolute atomic E-state index is 3.51. The predicted octanol–water partition coefficient (Wildman–Crippen LogP) is 1.70. The monoisotopic (exact) mass is 122 g/mol.